The van der Waals surface area contributed by atoms with Gasteiger partial charge in [-0.25, -0.2) is 4.79 Å². The molecule has 200 valence electrons. The topological polar surface area (TPSA) is 102 Å². The van der Waals surface area contributed by atoms with Gasteiger partial charge in [-0.05, 0) is 62.3 Å². The number of hydrogen-bond donors (Lipinski definition) is 2. The van der Waals surface area contributed by atoms with E-state index in [0.717, 1.165) is 29.4 Å². The minimum absolute atomic E-state index is 0.0672. The number of benzene rings is 2. The molecule has 3 aromatic rings. The standard InChI is InChI=1S/C29H33ClN4O4/c30-24-13-6-4-11-22(24)19-32-26(35)15-8-18-33-28(37)23-12-5-7-14-25(23)34(29(33)38)20-27(36)31-17-16-21-9-2-1-3-10-21/h4-7,9,11-14H,1-3,8,10,15-20H2,(H,31,36)(H,32,35). The van der Waals surface area contributed by atoms with Gasteiger partial charge in [0.2, 0.25) is 11.8 Å². The van der Waals surface area contributed by atoms with Crippen LogP contribution in [0.15, 0.2) is 69.8 Å². The Labute approximate surface area is 226 Å². The van der Waals surface area contributed by atoms with Crippen LogP contribution in [0.25, 0.3) is 10.9 Å². The van der Waals surface area contributed by atoms with Crippen LogP contribution in [-0.2, 0) is 29.2 Å². The van der Waals surface area contributed by atoms with Crippen LogP contribution in [-0.4, -0.2) is 27.5 Å². The predicted octanol–water partition coefficient (Wildman–Crippen LogP) is 3.92. The average molecular weight is 537 g/mol. The number of nitrogens with one attached hydrogen (secondary N) is 2. The summed E-state index contributed by atoms with van der Waals surface area (Å²) in [4.78, 5) is 51.5. The van der Waals surface area contributed by atoms with E-state index in [2.05, 4.69) is 16.7 Å². The van der Waals surface area contributed by atoms with E-state index in [4.69, 9.17) is 11.6 Å². The summed E-state index contributed by atoms with van der Waals surface area (Å²) in [6.45, 7) is 0.697. The van der Waals surface area contributed by atoms with Crippen molar-refractivity contribution in [2.45, 2.75) is 64.6 Å². The summed E-state index contributed by atoms with van der Waals surface area (Å²) >= 11 is 6.13. The van der Waals surface area contributed by atoms with E-state index < -0.39 is 11.2 Å². The molecule has 0 radical (unpaired) electrons. The van der Waals surface area contributed by atoms with Crippen LogP contribution < -0.4 is 21.9 Å². The Morgan fingerprint density at radius 1 is 0.921 bits per heavy atom. The summed E-state index contributed by atoms with van der Waals surface area (Å²) in [5.41, 5.74) is 1.60. The third kappa shape index (κ3) is 7.01. The Kier molecular flexibility index (Phi) is 9.54. The van der Waals surface area contributed by atoms with Crippen molar-refractivity contribution >= 4 is 34.3 Å². The fourth-order valence-electron chi connectivity index (χ4n) is 4.74. The highest BCUT2D eigenvalue weighted by atomic mass is 35.5. The molecule has 0 saturated carbocycles. The van der Waals surface area contributed by atoms with Gasteiger partial charge < -0.3 is 10.6 Å². The number of carbonyl (C=O) groups excluding carboxylic acids is 2. The summed E-state index contributed by atoms with van der Waals surface area (Å²) < 4.78 is 2.45. The number of fused-ring (bicyclic) bond motifs is 1. The zero-order valence-corrected chi connectivity index (χ0v) is 22.1. The zero-order chi connectivity index (χ0) is 26.9. The Hall–Kier alpha value is -3.65. The van der Waals surface area contributed by atoms with Crippen LogP contribution in [0.1, 0.15) is 50.5 Å². The van der Waals surface area contributed by atoms with Gasteiger partial charge in [-0.1, -0.05) is 53.6 Å². The highest BCUT2D eigenvalue weighted by Crippen LogP contribution is 2.19. The van der Waals surface area contributed by atoms with Crippen molar-refractivity contribution < 1.29 is 9.59 Å². The molecule has 2 N–H and O–H groups in total. The molecule has 1 aliphatic carbocycles. The van der Waals surface area contributed by atoms with Crippen LogP contribution in [0.4, 0.5) is 0 Å². The SMILES string of the molecule is O=C(CCCn1c(=O)c2ccccc2n(CC(=O)NCCC2=CCCCC2)c1=O)NCc1ccccc1Cl. The zero-order valence-electron chi connectivity index (χ0n) is 21.4. The summed E-state index contributed by atoms with van der Waals surface area (Å²) in [6, 6.07) is 14.0. The normalized spacial score (nSPS) is 13.2. The molecular formula is C29H33ClN4O4. The predicted molar refractivity (Wildman–Crippen MR) is 149 cm³/mol. The smallest absolute Gasteiger partial charge is 0.331 e. The van der Waals surface area contributed by atoms with Crippen LogP contribution >= 0.6 is 11.6 Å². The lowest BCUT2D eigenvalue weighted by Gasteiger charge is -2.15. The van der Waals surface area contributed by atoms with Crippen molar-refractivity contribution in [1.29, 1.82) is 0 Å². The van der Waals surface area contributed by atoms with Gasteiger partial charge in [0.25, 0.3) is 5.56 Å². The first kappa shape index (κ1) is 27.4. The molecule has 1 heterocycles. The number of halogens is 1. The highest BCUT2D eigenvalue weighted by Gasteiger charge is 2.16. The Bertz CT molecular complexity index is 1460. The second-order valence-electron chi connectivity index (χ2n) is 9.52. The van der Waals surface area contributed by atoms with E-state index >= 15 is 0 Å². The van der Waals surface area contributed by atoms with Crippen LogP contribution in [0, 0.1) is 0 Å². The number of nitrogens with zero attached hydrogens (tertiary/aromatic N) is 2. The quantitative estimate of drug-likeness (QED) is 0.363. The monoisotopic (exact) mass is 536 g/mol. The van der Waals surface area contributed by atoms with Gasteiger partial charge in [0.15, 0.2) is 0 Å². The van der Waals surface area contributed by atoms with E-state index in [1.165, 1.54) is 23.0 Å². The lowest BCUT2D eigenvalue weighted by atomic mass is 9.97. The van der Waals surface area contributed by atoms with E-state index in [1.54, 1.807) is 30.3 Å². The van der Waals surface area contributed by atoms with Crippen molar-refractivity contribution in [3.8, 4) is 0 Å². The second kappa shape index (κ2) is 13.2. The molecule has 1 aromatic heterocycles. The van der Waals surface area contributed by atoms with Gasteiger partial charge >= 0.3 is 5.69 Å². The van der Waals surface area contributed by atoms with Crippen molar-refractivity contribution in [3.63, 3.8) is 0 Å². The van der Waals surface area contributed by atoms with Crippen LogP contribution in [0.3, 0.4) is 0 Å². The van der Waals surface area contributed by atoms with Crippen LogP contribution in [0.5, 0.6) is 0 Å². The summed E-state index contributed by atoms with van der Waals surface area (Å²) in [6.07, 6.45) is 8.06. The van der Waals surface area contributed by atoms with Crippen molar-refractivity contribution in [1.82, 2.24) is 19.8 Å². The van der Waals surface area contributed by atoms with Gasteiger partial charge in [-0.15, -0.1) is 0 Å². The molecule has 4 rings (SSSR count). The molecule has 38 heavy (non-hydrogen) atoms. The number of allylic oxidation sites excluding steroid dienone is 1. The molecule has 1 aliphatic rings. The molecule has 0 fully saturated rings. The fraction of sp³-hybridized carbons (Fsp3) is 0.379. The summed E-state index contributed by atoms with van der Waals surface area (Å²) in [5, 5.41) is 6.65. The summed E-state index contributed by atoms with van der Waals surface area (Å²) in [5.74, 6) is -0.482. The first-order chi connectivity index (χ1) is 18.4. The third-order valence-electron chi connectivity index (χ3n) is 6.81. The number of amides is 2. The molecule has 0 unspecified atom stereocenters. The minimum Gasteiger partial charge on any atom is -0.354 e. The third-order valence-corrected chi connectivity index (χ3v) is 7.18. The Morgan fingerprint density at radius 3 is 2.50 bits per heavy atom. The van der Waals surface area contributed by atoms with Gasteiger partial charge in [0.1, 0.15) is 6.54 Å². The molecule has 2 aromatic carbocycles. The Balaban J connectivity index is 1.40. The van der Waals surface area contributed by atoms with Crippen LogP contribution in [0.2, 0.25) is 5.02 Å². The van der Waals surface area contributed by atoms with E-state index in [9.17, 15) is 19.2 Å². The fourth-order valence-corrected chi connectivity index (χ4v) is 4.94. The molecule has 9 heteroatoms. The maximum absolute atomic E-state index is 13.3. The molecule has 0 atom stereocenters. The number of rotatable bonds is 11. The molecular weight excluding hydrogens is 504 g/mol. The molecule has 0 spiro atoms. The maximum atomic E-state index is 13.3. The number of hydrogen-bond acceptors (Lipinski definition) is 4. The molecule has 8 nitrogen and oxygen atoms in total. The average Bonchev–Trinajstić information content (AvgIpc) is 2.93. The van der Waals surface area contributed by atoms with Gasteiger partial charge in [0.05, 0.1) is 10.9 Å². The maximum Gasteiger partial charge on any atom is 0.331 e. The molecule has 0 aliphatic heterocycles. The largest absolute Gasteiger partial charge is 0.354 e. The minimum atomic E-state index is -0.560. The highest BCUT2D eigenvalue weighted by molar-refractivity contribution is 6.31. The van der Waals surface area contributed by atoms with Crippen molar-refractivity contribution in [2.24, 2.45) is 0 Å². The van der Waals surface area contributed by atoms with E-state index in [0.29, 0.717) is 35.4 Å². The number of aromatic nitrogens is 2. The van der Waals surface area contributed by atoms with Gasteiger partial charge in [-0.2, -0.15) is 0 Å². The molecule has 0 bridgehead atoms. The van der Waals surface area contributed by atoms with Gasteiger partial charge in [-0.3, -0.25) is 23.5 Å². The first-order valence-electron chi connectivity index (χ1n) is 13.1. The lowest BCUT2D eigenvalue weighted by molar-refractivity contribution is -0.122. The van der Waals surface area contributed by atoms with Crippen molar-refractivity contribution in [3.05, 3.63) is 91.6 Å². The second-order valence-corrected chi connectivity index (χ2v) is 9.93. The van der Waals surface area contributed by atoms with Crippen molar-refractivity contribution in [2.75, 3.05) is 6.54 Å². The van der Waals surface area contributed by atoms with E-state index in [-0.39, 0.29) is 31.3 Å². The molecule has 0 saturated heterocycles. The summed E-state index contributed by atoms with van der Waals surface area (Å²) in [7, 11) is 0. The molecule has 2 amide bonds. The number of carbonyl (C=O) groups is 2. The van der Waals surface area contributed by atoms with Gasteiger partial charge in [0, 0.05) is 31.1 Å². The lowest BCUT2D eigenvalue weighted by Crippen LogP contribution is -2.43. The first-order valence-corrected chi connectivity index (χ1v) is 13.5. The van der Waals surface area contributed by atoms with E-state index in [1.807, 2.05) is 18.2 Å². The number of para-hydroxylation sites is 1. The Morgan fingerprint density at radius 2 is 1.71 bits per heavy atom.